The Morgan fingerprint density at radius 3 is 1.80 bits per heavy atom. The molecule has 0 atom stereocenters. The summed E-state index contributed by atoms with van der Waals surface area (Å²) >= 11 is 0. The van der Waals surface area contributed by atoms with Crippen LogP contribution in [0.4, 0.5) is 0 Å². The Hall–Kier alpha value is -0.210. The maximum atomic E-state index is 8.74. The monoisotopic (exact) mass is 173 g/mol. The molecule has 0 saturated heterocycles. The third kappa shape index (κ3) is 112. The van der Waals surface area contributed by atoms with Crippen molar-refractivity contribution in [3.63, 3.8) is 0 Å². The molecule has 3 N–H and O–H groups in total. The van der Waals surface area contributed by atoms with Gasteiger partial charge >= 0.3 is 10.4 Å². The van der Waals surface area contributed by atoms with E-state index >= 15 is 0 Å². The Labute approximate surface area is 59.7 Å². The minimum atomic E-state index is -4.67. The van der Waals surface area contributed by atoms with Crippen molar-refractivity contribution in [2.45, 2.75) is 6.92 Å². The van der Waals surface area contributed by atoms with Crippen LogP contribution in [0.15, 0.2) is 0 Å². The summed E-state index contributed by atoms with van der Waals surface area (Å²) in [4.78, 5) is 4.58. The zero-order chi connectivity index (χ0) is 8.62. The first-order valence-corrected chi connectivity index (χ1v) is 3.80. The maximum Gasteiger partial charge on any atom is 0.394 e. The second-order valence-corrected chi connectivity index (χ2v) is 1.98. The predicted octanol–water partition coefficient (Wildman–Crippen LogP) is -0.495. The van der Waals surface area contributed by atoms with Crippen molar-refractivity contribution in [2.24, 2.45) is 0 Å². The summed E-state index contributed by atoms with van der Waals surface area (Å²) in [5, 5.41) is 0. The van der Waals surface area contributed by atoms with Crippen molar-refractivity contribution in [2.75, 3.05) is 13.7 Å². The van der Waals surface area contributed by atoms with Crippen LogP contribution >= 0.6 is 0 Å². The largest absolute Gasteiger partial charge is 0.394 e. The topological polar surface area (TPSA) is 95.9 Å². The SMILES string of the molecule is CCONC.O=S(=O)(O)O. The first kappa shape index (κ1) is 12.5. The van der Waals surface area contributed by atoms with Crippen LogP contribution in [0.5, 0.6) is 0 Å². The Kier molecular flexibility index (Phi) is 8.61. The lowest BCUT2D eigenvalue weighted by Crippen LogP contribution is -2.05. The molecular formula is C3H11NO5S. The molecular weight excluding hydrogens is 162 g/mol. The van der Waals surface area contributed by atoms with E-state index in [4.69, 9.17) is 17.5 Å². The Morgan fingerprint density at radius 2 is 1.80 bits per heavy atom. The molecule has 0 aliphatic rings. The minimum Gasteiger partial charge on any atom is -0.302 e. The van der Waals surface area contributed by atoms with E-state index in [1.165, 1.54) is 0 Å². The van der Waals surface area contributed by atoms with E-state index in [9.17, 15) is 0 Å². The van der Waals surface area contributed by atoms with E-state index in [-0.39, 0.29) is 0 Å². The molecule has 64 valence electrons. The van der Waals surface area contributed by atoms with E-state index in [0.717, 1.165) is 6.61 Å². The van der Waals surface area contributed by atoms with E-state index in [1.54, 1.807) is 7.05 Å². The fraction of sp³-hybridized carbons (Fsp3) is 1.00. The molecule has 6 nitrogen and oxygen atoms in total. The first-order valence-electron chi connectivity index (χ1n) is 2.40. The lowest BCUT2D eigenvalue weighted by atomic mass is 10.9. The van der Waals surface area contributed by atoms with Gasteiger partial charge in [-0.3, -0.25) is 9.11 Å². The van der Waals surface area contributed by atoms with Gasteiger partial charge in [0.05, 0.1) is 6.61 Å². The van der Waals surface area contributed by atoms with Crippen molar-refractivity contribution in [1.29, 1.82) is 0 Å². The predicted molar refractivity (Wildman–Crippen MR) is 34.9 cm³/mol. The molecule has 0 rings (SSSR count). The fourth-order valence-electron chi connectivity index (χ4n) is 0.144. The molecule has 0 aliphatic heterocycles. The van der Waals surface area contributed by atoms with Crippen LogP contribution in [-0.2, 0) is 15.2 Å². The van der Waals surface area contributed by atoms with Crippen molar-refractivity contribution in [3.8, 4) is 0 Å². The van der Waals surface area contributed by atoms with Gasteiger partial charge in [0, 0.05) is 7.05 Å². The lowest BCUT2D eigenvalue weighted by Gasteiger charge is -1.88. The van der Waals surface area contributed by atoms with Gasteiger partial charge < -0.3 is 4.84 Å². The highest BCUT2D eigenvalue weighted by Crippen LogP contribution is 1.59. The number of rotatable bonds is 2. The molecule has 0 amide bonds. The summed E-state index contributed by atoms with van der Waals surface area (Å²) < 4.78 is 31.6. The Bertz CT molecular complexity index is 131. The Balaban J connectivity index is 0. The van der Waals surface area contributed by atoms with Crippen molar-refractivity contribution < 1.29 is 22.4 Å². The zero-order valence-corrected chi connectivity index (χ0v) is 6.55. The quantitative estimate of drug-likeness (QED) is 0.385. The number of hydroxylamine groups is 1. The summed E-state index contributed by atoms with van der Waals surface area (Å²) in [6, 6.07) is 0. The van der Waals surface area contributed by atoms with Crippen molar-refractivity contribution in [1.82, 2.24) is 5.48 Å². The second kappa shape index (κ2) is 6.90. The average Bonchev–Trinajstić information content (AvgIpc) is 1.63. The number of hydrogen-bond donors (Lipinski definition) is 3. The molecule has 0 aliphatic carbocycles. The van der Waals surface area contributed by atoms with Crippen LogP contribution in [0.3, 0.4) is 0 Å². The third-order valence-corrected chi connectivity index (χ3v) is 0.289. The molecule has 0 unspecified atom stereocenters. The summed E-state index contributed by atoms with van der Waals surface area (Å²) in [7, 11) is -2.93. The van der Waals surface area contributed by atoms with Crippen molar-refractivity contribution in [3.05, 3.63) is 0 Å². The second-order valence-electron chi connectivity index (χ2n) is 1.08. The molecule has 0 spiro atoms. The van der Waals surface area contributed by atoms with Crippen LogP contribution < -0.4 is 5.48 Å². The molecule has 0 radical (unpaired) electrons. The van der Waals surface area contributed by atoms with Gasteiger partial charge in [-0.1, -0.05) is 0 Å². The summed E-state index contributed by atoms with van der Waals surface area (Å²) in [6.45, 7) is 2.66. The number of hydrogen-bond acceptors (Lipinski definition) is 4. The maximum absolute atomic E-state index is 8.74. The molecule has 7 heteroatoms. The van der Waals surface area contributed by atoms with Gasteiger partial charge in [0.15, 0.2) is 0 Å². The van der Waals surface area contributed by atoms with Gasteiger partial charge in [-0.2, -0.15) is 8.42 Å². The molecule has 0 fully saturated rings. The average molecular weight is 173 g/mol. The Morgan fingerprint density at radius 1 is 1.50 bits per heavy atom. The lowest BCUT2D eigenvalue weighted by molar-refractivity contribution is 0.0687. The zero-order valence-electron chi connectivity index (χ0n) is 5.73. The van der Waals surface area contributed by atoms with E-state index in [1.807, 2.05) is 6.92 Å². The molecule has 0 aromatic heterocycles. The molecule has 0 bridgehead atoms. The molecule has 0 heterocycles. The highest BCUT2D eigenvalue weighted by Gasteiger charge is 1.84. The highest BCUT2D eigenvalue weighted by molar-refractivity contribution is 7.79. The molecule has 0 aromatic rings. The van der Waals surface area contributed by atoms with Crippen LogP contribution in [0.2, 0.25) is 0 Å². The minimum absolute atomic E-state index is 0.733. The van der Waals surface area contributed by atoms with E-state index in [0.29, 0.717) is 0 Å². The highest BCUT2D eigenvalue weighted by atomic mass is 32.3. The normalized spacial score (nSPS) is 10.0. The van der Waals surface area contributed by atoms with Gasteiger partial charge in [-0.15, -0.1) is 0 Å². The summed E-state index contributed by atoms with van der Waals surface area (Å²) in [5.41, 5.74) is 2.52. The first-order chi connectivity index (χ1) is 4.41. The summed E-state index contributed by atoms with van der Waals surface area (Å²) in [5.74, 6) is 0. The van der Waals surface area contributed by atoms with Gasteiger partial charge in [0.1, 0.15) is 0 Å². The molecule has 10 heavy (non-hydrogen) atoms. The van der Waals surface area contributed by atoms with Gasteiger partial charge in [0.2, 0.25) is 0 Å². The third-order valence-electron chi connectivity index (χ3n) is 0.289. The summed E-state index contributed by atoms with van der Waals surface area (Å²) in [6.07, 6.45) is 0. The van der Waals surface area contributed by atoms with Crippen LogP contribution in [0.1, 0.15) is 6.92 Å². The van der Waals surface area contributed by atoms with Crippen LogP contribution in [0.25, 0.3) is 0 Å². The van der Waals surface area contributed by atoms with Crippen LogP contribution in [-0.4, -0.2) is 31.2 Å². The van der Waals surface area contributed by atoms with Gasteiger partial charge in [0.25, 0.3) is 0 Å². The molecule has 0 aromatic carbocycles. The molecule has 0 saturated carbocycles. The standard InChI is InChI=1S/C3H9NO.H2O4S/c1-3-5-4-2;1-5(2,3)4/h4H,3H2,1-2H3;(H2,1,2,3,4). The van der Waals surface area contributed by atoms with E-state index in [2.05, 4.69) is 10.3 Å². The van der Waals surface area contributed by atoms with E-state index < -0.39 is 10.4 Å². The van der Waals surface area contributed by atoms with Gasteiger partial charge in [-0.05, 0) is 6.92 Å². The van der Waals surface area contributed by atoms with Crippen LogP contribution in [0, 0.1) is 0 Å². The van der Waals surface area contributed by atoms with Crippen molar-refractivity contribution >= 4 is 10.4 Å². The fourth-order valence-corrected chi connectivity index (χ4v) is 0.144. The number of nitrogens with one attached hydrogen (secondary N) is 1. The van der Waals surface area contributed by atoms with Gasteiger partial charge in [-0.25, -0.2) is 5.48 Å². The smallest absolute Gasteiger partial charge is 0.302 e.